The van der Waals surface area contributed by atoms with Crippen LogP contribution in [0.15, 0.2) is 12.1 Å². The van der Waals surface area contributed by atoms with Crippen molar-refractivity contribution in [3.8, 4) is 0 Å². The van der Waals surface area contributed by atoms with Gasteiger partial charge in [-0.3, -0.25) is 25.2 Å². The van der Waals surface area contributed by atoms with Crippen LogP contribution in [0, 0.1) is 13.8 Å². The van der Waals surface area contributed by atoms with Crippen LogP contribution in [0.2, 0.25) is 0 Å². The first-order valence-corrected chi connectivity index (χ1v) is 10.9. The smallest absolute Gasteiger partial charge is 0.279 e. The van der Waals surface area contributed by atoms with E-state index in [2.05, 4.69) is 10.9 Å². The molecule has 0 aromatic carbocycles. The van der Waals surface area contributed by atoms with Crippen molar-refractivity contribution < 1.29 is 14.4 Å². The number of rotatable bonds is 5. The van der Waals surface area contributed by atoms with Gasteiger partial charge in [-0.1, -0.05) is 6.42 Å². The molecular weight excluding hydrogens is 380 g/mol. The Balaban J connectivity index is 1.47. The highest BCUT2D eigenvalue weighted by Crippen LogP contribution is 2.28. The number of carbonyl (C=O) groups excluding carboxylic acids is 3. The summed E-state index contributed by atoms with van der Waals surface area (Å²) in [5.41, 5.74) is 6.84. The maximum absolute atomic E-state index is 12.3. The van der Waals surface area contributed by atoms with E-state index in [1.165, 1.54) is 41.0 Å². The van der Waals surface area contributed by atoms with E-state index in [4.69, 9.17) is 0 Å². The molecule has 2 amide bonds. The number of aryl methyl sites for hydroxylation is 4. The van der Waals surface area contributed by atoms with Crippen molar-refractivity contribution in [3.63, 3.8) is 0 Å². The summed E-state index contributed by atoms with van der Waals surface area (Å²) in [4.78, 5) is 40.5. The number of hydrogen-bond donors (Lipinski definition) is 2. The Bertz CT molecular complexity index is 843. The number of carbonyl (C=O) groups is 3. The van der Waals surface area contributed by atoms with Gasteiger partial charge in [-0.25, -0.2) is 0 Å². The molecular formula is C20H24N2O3S2. The molecule has 2 N–H and O–H groups in total. The molecule has 7 heteroatoms. The molecule has 0 fully saturated rings. The lowest BCUT2D eigenvalue weighted by Crippen LogP contribution is -2.41. The number of amides is 2. The van der Waals surface area contributed by atoms with E-state index in [1.807, 2.05) is 26.0 Å². The van der Waals surface area contributed by atoms with Crippen LogP contribution in [0.25, 0.3) is 0 Å². The summed E-state index contributed by atoms with van der Waals surface area (Å²) in [5, 5.41) is 0. The Kier molecular flexibility index (Phi) is 6.44. The first-order valence-electron chi connectivity index (χ1n) is 9.25. The average Bonchev–Trinajstić information content (AvgIpc) is 3.12. The van der Waals surface area contributed by atoms with E-state index in [1.54, 1.807) is 11.3 Å². The molecule has 2 aromatic rings. The number of thiophene rings is 2. The highest BCUT2D eigenvalue weighted by atomic mass is 32.1. The fourth-order valence-corrected chi connectivity index (χ4v) is 5.39. The van der Waals surface area contributed by atoms with E-state index in [9.17, 15) is 14.4 Å². The number of Topliss-reactive ketones (excluding diaryl/α,β-unsaturated/α-hetero) is 1. The molecule has 144 valence electrons. The molecule has 2 heterocycles. The standard InChI is InChI=1S/C20H24N2O3S2/c1-12-10-15(13(2)26-12)16(23)8-9-19(24)21-22-20(25)18-11-14-6-4-3-5-7-17(14)27-18/h10-11H,3-9H2,1-2H3,(H,21,24)(H,22,25). The third kappa shape index (κ3) is 5.05. The van der Waals surface area contributed by atoms with Gasteiger partial charge in [0.2, 0.25) is 5.91 Å². The summed E-state index contributed by atoms with van der Waals surface area (Å²) < 4.78 is 0. The quantitative estimate of drug-likeness (QED) is 0.447. The molecule has 0 bridgehead atoms. The van der Waals surface area contributed by atoms with Gasteiger partial charge in [0.1, 0.15) is 0 Å². The molecule has 1 aliphatic carbocycles. The molecule has 5 nitrogen and oxygen atoms in total. The molecule has 1 aliphatic rings. The molecule has 0 atom stereocenters. The van der Waals surface area contributed by atoms with Gasteiger partial charge in [-0.2, -0.15) is 0 Å². The van der Waals surface area contributed by atoms with Gasteiger partial charge in [0.15, 0.2) is 5.78 Å². The topological polar surface area (TPSA) is 75.3 Å². The number of ketones is 1. The second-order valence-electron chi connectivity index (χ2n) is 6.87. The summed E-state index contributed by atoms with van der Waals surface area (Å²) in [6.45, 7) is 3.87. The average molecular weight is 405 g/mol. The Morgan fingerprint density at radius 3 is 2.48 bits per heavy atom. The van der Waals surface area contributed by atoms with Crippen molar-refractivity contribution >= 4 is 40.3 Å². The summed E-state index contributed by atoms with van der Waals surface area (Å²) in [7, 11) is 0. The minimum Gasteiger partial charge on any atom is -0.294 e. The number of hydrazine groups is 1. The molecule has 0 spiro atoms. The number of hydrogen-bond acceptors (Lipinski definition) is 5. The van der Waals surface area contributed by atoms with Crippen molar-refractivity contribution in [2.24, 2.45) is 0 Å². The fraction of sp³-hybridized carbons (Fsp3) is 0.450. The maximum atomic E-state index is 12.3. The van der Waals surface area contributed by atoms with Crippen LogP contribution in [0.3, 0.4) is 0 Å². The van der Waals surface area contributed by atoms with Crippen molar-refractivity contribution in [1.82, 2.24) is 10.9 Å². The molecule has 0 aliphatic heterocycles. The number of fused-ring (bicyclic) bond motifs is 1. The molecule has 27 heavy (non-hydrogen) atoms. The minimum atomic E-state index is -0.362. The van der Waals surface area contributed by atoms with E-state index >= 15 is 0 Å². The SMILES string of the molecule is Cc1cc(C(=O)CCC(=O)NNC(=O)c2cc3c(s2)CCCCC3)c(C)s1. The Morgan fingerprint density at radius 1 is 0.963 bits per heavy atom. The van der Waals surface area contributed by atoms with E-state index < -0.39 is 0 Å². The molecule has 0 saturated heterocycles. The third-order valence-electron chi connectivity index (χ3n) is 4.71. The van der Waals surface area contributed by atoms with Crippen molar-refractivity contribution in [2.75, 3.05) is 0 Å². The van der Waals surface area contributed by atoms with E-state index in [0.29, 0.717) is 10.4 Å². The van der Waals surface area contributed by atoms with E-state index in [0.717, 1.165) is 22.6 Å². The van der Waals surface area contributed by atoms with Gasteiger partial charge in [0.05, 0.1) is 4.88 Å². The minimum absolute atomic E-state index is 0.0414. The molecule has 0 saturated carbocycles. The first kappa shape index (κ1) is 19.8. The lowest BCUT2D eigenvalue weighted by atomic mass is 10.1. The molecule has 0 unspecified atom stereocenters. The second-order valence-corrected chi connectivity index (χ2v) is 9.47. The Hall–Kier alpha value is -1.99. The van der Waals surface area contributed by atoms with Crippen LogP contribution in [-0.4, -0.2) is 17.6 Å². The summed E-state index contributed by atoms with van der Waals surface area (Å²) in [5.74, 6) is -0.697. The predicted molar refractivity (Wildman–Crippen MR) is 109 cm³/mol. The normalized spacial score (nSPS) is 13.6. The summed E-state index contributed by atoms with van der Waals surface area (Å²) in [6, 6.07) is 3.81. The molecule has 2 aromatic heterocycles. The van der Waals surface area contributed by atoms with Gasteiger partial charge in [0, 0.05) is 33.0 Å². The van der Waals surface area contributed by atoms with Crippen LogP contribution in [0.5, 0.6) is 0 Å². The van der Waals surface area contributed by atoms with Crippen molar-refractivity contribution in [3.05, 3.63) is 42.8 Å². The zero-order valence-electron chi connectivity index (χ0n) is 15.6. The zero-order chi connectivity index (χ0) is 19.4. The second kappa shape index (κ2) is 8.80. The predicted octanol–water partition coefficient (Wildman–Crippen LogP) is 4.12. The van der Waals surface area contributed by atoms with Crippen LogP contribution in [0.1, 0.15) is 72.3 Å². The van der Waals surface area contributed by atoms with Gasteiger partial charge in [-0.05, 0) is 57.2 Å². The van der Waals surface area contributed by atoms with Gasteiger partial charge in [0.25, 0.3) is 5.91 Å². The zero-order valence-corrected chi connectivity index (χ0v) is 17.3. The van der Waals surface area contributed by atoms with Gasteiger partial charge < -0.3 is 0 Å². The summed E-state index contributed by atoms with van der Waals surface area (Å²) in [6.07, 6.45) is 5.81. The first-order chi connectivity index (χ1) is 12.9. The largest absolute Gasteiger partial charge is 0.294 e. The number of nitrogens with one attached hydrogen (secondary N) is 2. The fourth-order valence-electron chi connectivity index (χ4n) is 3.30. The Labute approximate surface area is 167 Å². The van der Waals surface area contributed by atoms with Gasteiger partial charge >= 0.3 is 0 Å². The summed E-state index contributed by atoms with van der Waals surface area (Å²) >= 11 is 3.09. The molecule has 0 radical (unpaired) electrons. The van der Waals surface area contributed by atoms with Crippen molar-refractivity contribution in [2.45, 2.75) is 58.8 Å². The van der Waals surface area contributed by atoms with Crippen LogP contribution < -0.4 is 10.9 Å². The van der Waals surface area contributed by atoms with Gasteiger partial charge in [-0.15, -0.1) is 22.7 Å². The Morgan fingerprint density at radius 2 is 1.74 bits per heavy atom. The highest BCUT2D eigenvalue weighted by Gasteiger charge is 2.18. The monoisotopic (exact) mass is 404 g/mol. The highest BCUT2D eigenvalue weighted by molar-refractivity contribution is 7.14. The lowest BCUT2D eigenvalue weighted by molar-refractivity contribution is -0.121. The third-order valence-corrected chi connectivity index (χ3v) is 6.91. The molecule has 3 rings (SSSR count). The van der Waals surface area contributed by atoms with Crippen LogP contribution in [0.4, 0.5) is 0 Å². The van der Waals surface area contributed by atoms with E-state index in [-0.39, 0.29) is 30.4 Å². The lowest BCUT2D eigenvalue weighted by Gasteiger charge is -2.06. The van der Waals surface area contributed by atoms with Crippen LogP contribution >= 0.6 is 22.7 Å². The van der Waals surface area contributed by atoms with Crippen molar-refractivity contribution in [1.29, 1.82) is 0 Å². The van der Waals surface area contributed by atoms with Crippen LogP contribution in [-0.2, 0) is 17.6 Å². The maximum Gasteiger partial charge on any atom is 0.279 e.